The molecule has 4 N–H and O–H groups in total. The molecule has 0 saturated heterocycles. The minimum atomic E-state index is -4.92. The Bertz CT molecular complexity index is 102. The summed E-state index contributed by atoms with van der Waals surface area (Å²) in [7, 11) is -4.92. The fourth-order valence-electron chi connectivity index (χ4n) is 0. The van der Waals surface area contributed by atoms with Crippen LogP contribution in [0.25, 0.3) is 0 Å². The molecule has 8 heavy (non-hydrogen) atoms. The summed E-state index contributed by atoms with van der Waals surface area (Å²) in [6, 6.07) is 0. The molecule has 0 aliphatic carbocycles. The summed E-state index contributed by atoms with van der Waals surface area (Å²) in [6.45, 7) is 0. The van der Waals surface area contributed by atoms with E-state index < -0.39 is 10.4 Å². The minimum absolute atomic E-state index is 0. The van der Waals surface area contributed by atoms with Gasteiger partial charge in [0.15, 0.2) is 0 Å². The molecule has 0 bridgehead atoms. The third-order valence-corrected chi connectivity index (χ3v) is 0. The van der Waals surface area contributed by atoms with Crippen molar-refractivity contribution >= 4 is 10.4 Å². The fraction of sp³-hybridized carbons (Fsp3) is 0. The third-order valence-electron chi connectivity index (χ3n) is 0. The van der Waals surface area contributed by atoms with Gasteiger partial charge in [-0.15, -0.1) is 0 Å². The second-order valence-corrected chi connectivity index (χ2v) is 1.28. The van der Waals surface area contributed by atoms with Gasteiger partial charge in [-0.2, -0.15) is 0 Å². The predicted octanol–water partition coefficient (Wildman–Crippen LogP) is -6.71. The summed E-state index contributed by atoms with van der Waals surface area (Å²) in [4.78, 5) is 0. The van der Waals surface area contributed by atoms with Crippen molar-refractivity contribution in [3.63, 3.8) is 0 Å². The Balaban J connectivity index is -0.0000000133. The molecule has 0 aliphatic heterocycles. The van der Waals surface area contributed by atoms with Gasteiger partial charge in [-0.25, -0.2) is 8.42 Å². The molecular weight excluding hydrogens is 188 g/mol. The zero-order chi connectivity index (χ0) is 4.50. The zero-order valence-corrected chi connectivity index (χ0v) is 11.9. The van der Waals surface area contributed by atoms with Gasteiger partial charge in [0.1, 0.15) is 0 Å². The van der Waals surface area contributed by atoms with Crippen LogP contribution in [0.2, 0.25) is 0 Å². The Hall–Kier alpha value is 3.10. The number of hydrogen-bond donors (Lipinski definition) is 2. The first kappa shape index (κ1) is 22.5. The minimum Gasteiger partial charge on any atom is -1.00 e. The van der Waals surface area contributed by atoms with E-state index in [1.807, 2.05) is 0 Å². The number of hydrogen-bond acceptors (Lipinski definition) is 4. The molecular formula is H5K2NO4S. The van der Waals surface area contributed by atoms with Gasteiger partial charge in [0.05, 0.1) is 0 Å². The molecule has 0 saturated carbocycles. The molecule has 8 heteroatoms. The molecule has 0 spiro atoms. The summed E-state index contributed by atoms with van der Waals surface area (Å²) < 4.78 is 32.8. The van der Waals surface area contributed by atoms with E-state index in [4.69, 9.17) is 17.5 Å². The van der Waals surface area contributed by atoms with E-state index in [0.29, 0.717) is 0 Å². The van der Waals surface area contributed by atoms with Crippen LogP contribution in [0.3, 0.4) is 0 Å². The predicted molar refractivity (Wildman–Crippen MR) is 18.5 cm³/mol. The van der Waals surface area contributed by atoms with Gasteiger partial charge in [0, 0.05) is 0 Å². The molecule has 42 valence electrons. The molecule has 0 aromatic carbocycles. The second-order valence-electron chi connectivity index (χ2n) is 0.428. The van der Waals surface area contributed by atoms with E-state index in [2.05, 4.69) is 0 Å². The van der Waals surface area contributed by atoms with Gasteiger partial charge in [0.2, 0.25) is 10.4 Å². The Morgan fingerprint density at radius 1 is 1.38 bits per heavy atom. The van der Waals surface area contributed by atoms with Gasteiger partial charge in [0.25, 0.3) is 0 Å². The van der Waals surface area contributed by atoms with Crippen LogP contribution in [0.1, 0.15) is 1.43 Å². The van der Waals surface area contributed by atoms with Gasteiger partial charge in [-0.05, 0) is 0 Å². The maximum atomic E-state index is 8.63. The average Bonchev–Trinajstić information content (AvgIpc) is 0.722. The van der Waals surface area contributed by atoms with Crippen molar-refractivity contribution in [3.05, 3.63) is 0 Å². The van der Waals surface area contributed by atoms with E-state index in [0.717, 1.165) is 0 Å². The molecule has 0 atom stereocenters. The number of rotatable bonds is 0. The first-order valence-electron chi connectivity index (χ1n) is 0.683. The van der Waals surface area contributed by atoms with Crippen molar-refractivity contribution in [2.45, 2.75) is 0 Å². The van der Waals surface area contributed by atoms with Gasteiger partial charge in [-0.3, -0.25) is 4.55 Å². The molecule has 5 nitrogen and oxygen atoms in total. The molecule has 0 aromatic rings. The molecule has 0 unspecified atom stereocenters. The normalized spacial score (nSPS) is 7.25. The van der Waals surface area contributed by atoms with Crippen LogP contribution < -0.4 is 109 Å². The average molecular weight is 193 g/mol. The summed E-state index contributed by atoms with van der Waals surface area (Å²) in [5.41, 5.74) is 0. The topological polar surface area (TPSA) is 112 Å². The van der Waals surface area contributed by atoms with Gasteiger partial charge in [-0.1, -0.05) is 0 Å². The van der Waals surface area contributed by atoms with Crippen molar-refractivity contribution in [1.82, 2.24) is 6.15 Å². The maximum absolute atomic E-state index is 8.63. The van der Waals surface area contributed by atoms with Crippen LogP contribution in [0.5, 0.6) is 0 Å². The van der Waals surface area contributed by atoms with Crippen LogP contribution >= 0.6 is 0 Å². The molecule has 0 fully saturated rings. The molecule has 0 heterocycles. The Kier molecular flexibility index (Phi) is 28.4. The van der Waals surface area contributed by atoms with Gasteiger partial charge >= 0.3 is 103 Å². The van der Waals surface area contributed by atoms with Crippen LogP contribution in [0.4, 0.5) is 0 Å². The second kappa shape index (κ2) is 10.1. The van der Waals surface area contributed by atoms with Crippen LogP contribution in [-0.4, -0.2) is 17.5 Å². The molecule has 0 aliphatic rings. The van der Waals surface area contributed by atoms with Gasteiger partial charge < -0.3 is 12.1 Å². The molecule has 0 amide bonds. The summed E-state index contributed by atoms with van der Waals surface area (Å²) in [6.07, 6.45) is 0. The van der Waals surface area contributed by atoms with Crippen molar-refractivity contribution in [2.75, 3.05) is 0 Å². The quantitative estimate of drug-likeness (QED) is 0.226. The standard InChI is InChI=1S/2K.H3N.H2O4S.H/c;;;1-5(2,3)4;/h;;1H3;(H2,1,2,3,4);/q2*+1;;;-1/p-1. The van der Waals surface area contributed by atoms with Crippen LogP contribution in [-0.2, 0) is 10.4 Å². The summed E-state index contributed by atoms with van der Waals surface area (Å²) in [5, 5.41) is 0. The Morgan fingerprint density at radius 2 is 1.38 bits per heavy atom. The molecule has 0 aromatic heterocycles. The van der Waals surface area contributed by atoms with E-state index in [-0.39, 0.29) is 110 Å². The van der Waals surface area contributed by atoms with E-state index in [1.165, 1.54) is 0 Å². The van der Waals surface area contributed by atoms with Crippen molar-refractivity contribution in [2.24, 2.45) is 0 Å². The van der Waals surface area contributed by atoms with Crippen LogP contribution in [0.15, 0.2) is 0 Å². The van der Waals surface area contributed by atoms with Crippen molar-refractivity contribution in [1.29, 1.82) is 0 Å². The summed E-state index contributed by atoms with van der Waals surface area (Å²) >= 11 is 0. The van der Waals surface area contributed by atoms with Crippen molar-refractivity contribution < 1.29 is 122 Å². The third kappa shape index (κ3) is 62.1. The molecule has 0 rings (SSSR count). The Labute approximate surface area is 134 Å². The summed E-state index contributed by atoms with van der Waals surface area (Å²) in [5.74, 6) is 0. The zero-order valence-electron chi connectivity index (χ0n) is 5.79. The fourth-order valence-corrected chi connectivity index (χ4v) is 0. The van der Waals surface area contributed by atoms with E-state index in [1.54, 1.807) is 0 Å². The van der Waals surface area contributed by atoms with E-state index >= 15 is 0 Å². The van der Waals surface area contributed by atoms with Crippen molar-refractivity contribution in [3.8, 4) is 0 Å². The Morgan fingerprint density at radius 3 is 1.38 bits per heavy atom. The maximum Gasteiger partial charge on any atom is 1.00 e. The SMILES string of the molecule is N.O=S(=O)([O-])O.[H-].[K+].[K+]. The van der Waals surface area contributed by atoms with Crippen LogP contribution in [0, 0.1) is 0 Å². The first-order chi connectivity index (χ1) is 2.00. The largest absolute Gasteiger partial charge is 1.00 e. The first-order valence-corrected chi connectivity index (χ1v) is 2.05. The molecule has 0 radical (unpaired) electrons. The van der Waals surface area contributed by atoms with E-state index in [9.17, 15) is 0 Å². The smallest absolute Gasteiger partial charge is 1.00 e. The monoisotopic (exact) mass is 193 g/mol.